The van der Waals surface area contributed by atoms with Crippen LogP contribution in [0.1, 0.15) is 26.3 Å². The summed E-state index contributed by atoms with van der Waals surface area (Å²) in [6, 6.07) is 7.28. The number of ketones is 1. The number of carbonyl (C=O) groups is 1. The second-order valence-electron chi connectivity index (χ2n) is 5.36. The zero-order chi connectivity index (χ0) is 14.0. The van der Waals surface area contributed by atoms with Gasteiger partial charge in [0.1, 0.15) is 6.07 Å². The topological polar surface area (TPSA) is 59.3 Å². The van der Waals surface area contributed by atoms with Crippen molar-refractivity contribution >= 4 is 11.9 Å². The molecule has 19 heavy (non-hydrogen) atoms. The Labute approximate surface area is 112 Å². The smallest absolute Gasteiger partial charge is 0.231 e. The number of benzene rings is 1. The molecule has 1 heterocycles. The monoisotopic (exact) mass is 257 g/mol. The molecule has 2 rings (SSSR count). The first kappa shape index (κ1) is 13.2. The Morgan fingerprint density at radius 3 is 2.63 bits per heavy atom. The van der Waals surface area contributed by atoms with E-state index in [9.17, 15) is 4.79 Å². The van der Waals surface area contributed by atoms with Gasteiger partial charge >= 0.3 is 0 Å². The van der Waals surface area contributed by atoms with E-state index in [2.05, 4.69) is 0 Å². The number of rotatable bonds is 2. The zero-order valence-corrected chi connectivity index (χ0v) is 11.2. The fraction of sp³-hybridized carbons (Fsp3) is 0.333. The Bertz CT molecular complexity index is 588. The van der Waals surface area contributed by atoms with E-state index in [1.54, 1.807) is 45.0 Å². The Balaban J connectivity index is 2.34. The number of fused-ring (bicyclic) bond motifs is 1. The van der Waals surface area contributed by atoms with Gasteiger partial charge in [0.05, 0.1) is 5.57 Å². The maximum Gasteiger partial charge on any atom is 0.231 e. The molecule has 4 heteroatoms. The molecule has 0 unspecified atom stereocenters. The molecule has 1 aromatic carbocycles. The van der Waals surface area contributed by atoms with Gasteiger partial charge in [-0.2, -0.15) is 5.26 Å². The summed E-state index contributed by atoms with van der Waals surface area (Å²) in [6.45, 7) is 5.58. The van der Waals surface area contributed by atoms with Crippen LogP contribution in [-0.2, 0) is 4.79 Å². The molecule has 1 aliphatic rings. The van der Waals surface area contributed by atoms with Crippen LogP contribution in [0.5, 0.6) is 11.5 Å². The van der Waals surface area contributed by atoms with Gasteiger partial charge in [-0.15, -0.1) is 0 Å². The number of hydrogen-bond acceptors (Lipinski definition) is 4. The van der Waals surface area contributed by atoms with Crippen molar-refractivity contribution in [2.24, 2.45) is 5.41 Å². The maximum atomic E-state index is 12.1. The van der Waals surface area contributed by atoms with Crippen molar-refractivity contribution in [3.05, 3.63) is 29.3 Å². The fourth-order valence-electron chi connectivity index (χ4n) is 1.72. The number of hydrogen-bond donors (Lipinski definition) is 0. The highest BCUT2D eigenvalue weighted by molar-refractivity contribution is 6.06. The lowest BCUT2D eigenvalue weighted by atomic mass is 9.86. The Kier molecular flexibility index (Phi) is 3.30. The Morgan fingerprint density at radius 2 is 2.00 bits per heavy atom. The summed E-state index contributed by atoms with van der Waals surface area (Å²) >= 11 is 0. The molecule has 0 spiro atoms. The van der Waals surface area contributed by atoms with Crippen LogP contribution in [0, 0.1) is 16.7 Å². The molecule has 1 aliphatic heterocycles. The van der Waals surface area contributed by atoms with E-state index in [0.29, 0.717) is 11.5 Å². The largest absolute Gasteiger partial charge is 0.454 e. The van der Waals surface area contributed by atoms with Crippen molar-refractivity contribution in [3.63, 3.8) is 0 Å². The predicted molar refractivity (Wildman–Crippen MR) is 70.6 cm³/mol. The van der Waals surface area contributed by atoms with E-state index in [4.69, 9.17) is 14.7 Å². The van der Waals surface area contributed by atoms with Gasteiger partial charge in [0.15, 0.2) is 17.3 Å². The van der Waals surface area contributed by atoms with Crippen molar-refractivity contribution in [1.29, 1.82) is 5.26 Å². The number of nitrogens with zero attached hydrogens (tertiary/aromatic N) is 1. The molecule has 0 bridgehead atoms. The minimum Gasteiger partial charge on any atom is -0.454 e. The first-order valence-electron chi connectivity index (χ1n) is 5.98. The van der Waals surface area contributed by atoms with E-state index in [1.807, 2.05) is 6.07 Å². The van der Waals surface area contributed by atoms with Gasteiger partial charge in [-0.1, -0.05) is 26.8 Å². The predicted octanol–water partition coefficient (Wildman–Crippen LogP) is 2.94. The summed E-state index contributed by atoms with van der Waals surface area (Å²) in [7, 11) is 0. The average Bonchev–Trinajstić information content (AvgIpc) is 2.81. The highest BCUT2D eigenvalue weighted by atomic mass is 16.7. The summed E-state index contributed by atoms with van der Waals surface area (Å²) < 4.78 is 10.5. The van der Waals surface area contributed by atoms with Crippen LogP contribution in [0.3, 0.4) is 0 Å². The second-order valence-corrected chi connectivity index (χ2v) is 5.36. The first-order valence-corrected chi connectivity index (χ1v) is 5.98. The van der Waals surface area contributed by atoms with E-state index < -0.39 is 5.41 Å². The number of allylic oxidation sites excluding steroid dienone is 1. The molecule has 4 nitrogen and oxygen atoms in total. The van der Waals surface area contributed by atoms with Gasteiger partial charge < -0.3 is 9.47 Å². The third-order valence-electron chi connectivity index (χ3n) is 2.75. The number of carbonyl (C=O) groups excluding carboxylic acids is 1. The highest BCUT2D eigenvalue weighted by Crippen LogP contribution is 2.33. The minimum atomic E-state index is -0.572. The summed E-state index contributed by atoms with van der Waals surface area (Å²) in [4.78, 5) is 12.1. The van der Waals surface area contributed by atoms with Crippen LogP contribution in [0.4, 0.5) is 0 Å². The molecule has 0 N–H and O–H groups in total. The number of nitriles is 1. The van der Waals surface area contributed by atoms with Gasteiger partial charge in [0.25, 0.3) is 0 Å². The minimum absolute atomic E-state index is 0.145. The molecule has 0 amide bonds. The molecule has 98 valence electrons. The summed E-state index contributed by atoms with van der Waals surface area (Å²) in [6.07, 6.45) is 1.58. The Hall–Kier alpha value is -2.28. The molecule has 0 aromatic heterocycles. The zero-order valence-electron chi connectivity index (χ0n) is 11.2. The van der Waals surface area contributed by atoms with Crippen molar-refractivity contribution < 1.29 is 14.3 Å². The molecule has 1 aromatic rings. The lowest BCUT2D eigenvalue weighted by Gasteiger charge is -2.15. The molecular formula is C15H15NO3. The van der Waals surface area contributed by atoms with Crippen molar-refractivity contribution in [1.82, 2.24) is 0 Å². The molecular weight excluding hydrogens is 242 g/mol. The summed E-state index contributed by atoms with van der Waals surface area (Å²) in [5.74, 6) is 1.14. The van der Waals surface area contributed by atoms with Gasteiger partial charge in [-0.3, -0.25) is 4.79 Å². The molecule has 0 radical (unpaired) electrons. The van der Waals surface area contributed by atoms with Crippen LogP contribution in [0.25, 0.3) is 6.08 Å². The molecule has 0 saturated heterocycles. The average molecular weight is 257 g/mol. The summed E-state index contributed by atoms with van der Waals surface area (Å²) in [5, 5.41) is 9.12. The third-order valence-corrected chi connectivity index (χ3v) is 2.75. The molecule has 0 saturated carbocycles. The summed E-state index contributed by atoms with van der Waals surface area (Å²) in [5.41, 5.74) is 0.322. The van der Waals surface area contributed by atoms with Gasteiger partial charge in [-0.25, -0.2) is 0 Å². The fourth-order valence-corrected chi connectivity index (χ4v) is 1.72. The van der Waals surface area contributed by atoms with Crippen LogP contribution >= 0.6 is 0 Å². The number of Topliss-reactive ketones (excluding diaryl/α,β-unsaturated/α-hetero) is 1. The van der Waals surface area contributed by atoms with Crippen LogP contribution in [0.15, 0.2) is 23.8 Å². The van der Waals surface area contributed by atoms with E-state index in [1.165, 1.54) is 0 Å². The third kappa shape index (κ3) is 2.76. The molecule has 0 aliphatic carbocycles. The quantitative estimate of drug-likeness (QED) is 0.603. The van der Waals surface area contributed by atoms with Crippen LogP contribution < -0.4 is 9.47 Å². The van der Waals surface area contributed by atoms with E-state index in [-0.39, 0.29) is 18.1 Å². The van der Waals surface area contributed by atoms with Crippen molar-refractivity contribution in [2.45, 2.75) is 20.8 Å². The second kappa shape index (κ2) is 4.77. The van der Waals surface area contributed by atoms with Gasteiger partial charge in [-0.05, 0) is 23.8 Å². The van der Waals surface area contributed by atoms with Gasteiger partial charge in [0, 0.05) is 5.41 Å². The van der Waals surface area contributed by atoms with E-state index in [0.717, 1.165) is 5.56 Å². The van der Waals surface area contributed by atoms with Crippen LogP contribution in [-0.4, -0.2) is 12.6 Å². The Morgan fingerprint density at radius 1 is 1.32 bits per heavy atom. The lowest BCUT2D eigenvalue weighted by molar-refractivity contribution is -0.121. The normalized spacial score (nSPS) is 14.1. The van der Waals surface area contributed by atoms with E-state index >= 15 is 0 Å². The van der Waals surface area contributed by atoms with Crippen molar-refractivity contribution in [2.75, 3.05) is 6.79 Å². The first-order chi connectivity index (χ1) is 8.91. The maximum absolute atomic E-state index is 12.1. The molecule has 0 fully saturated rings. The van der Waals surface area contributed by atoms with Gasteiger partial charge in [0.2, 0.25) is 6.79 Å². The standard InChI is InChI=1S/C15H15NO3/c1-15(2,3)14(17)11(8-16)6-10-4-5-12-13(7-10)19-9-18-12/h4-7H,9H2,1-3H3/b11-6+. The van der Waals surface area contributed by atoms with Crippen molar-refractivity contribution in [3.8, 4) is 17.6 Å². The van der Waals surface area contributed by atoms with Crippen LogP contribution in [0.2, 0.25) is 0 Å². The number of ether oxygens (including phenoxy) is 2. The SMILES string of the molecule is CC(C)(C)C(=O)/C(C#N)=C/c1ccc2c(c1)OCO2. The lowest BCUT2D eigenvalue weighted by Crippen LogP contribution is -2.21. The highest BCUT2D eigenvalue weighted by Gasteiger charge is 2.25. The molecule has 0 atom stereocenters.